The van der Waals surface area contributed by atoms with Crippen LogP contribution in [0.5, 0.6) is 0 Å². The van der Waals surface area contributed by atoms with Crippen LogP contribution in [0.3, 0.4) is 0 Å². The maximum absolute atomic E-state index is 4.45. The molecular weight excluding hydrogens is 148 g/mol. The monoisotopic (exact) mass is 164 g/mol. The molecule has 12 heavy (non-hydrogen) atoms. The van der Waals surface area contributed by atoms with Gasteiger partial charge in [0.1, 0.15) is 0 Å². The van der Waals surface area contributed by atoms with Crippen molar-refractivity contribution in [2.75, 3.05) is 0 Å². The third-order valence-corrected chi connectivity index (χ3v) is 1.94. The van der Waals surface area contributed by atoms with E-state index in [9.17, 15) is 0 Å². The Morgan fingerprint density at radius 3 is 2.75 bits per heavy atom. The second-order valence-corrected chi connectivity index (χ2v) is 3.15. The molecule has 0 aliphatic heterocycles. The zero-order valence-electron chi connectivity index (χ0n) is 8.09. The molecular formula is C10H16N2. The summed E-state index contributed by atoms with van der Waals surface area (Å²) in [7, 11) is 0. The molecule has 0 aliphatic carbocycles. The maximum Gasteiger partial charge on any atom is 0.0619 e. The molecule has 1 aromatic heterocycles. The summed E-state index contributed by atoms with van der Waals surface area (Å²) < 4.78 is 0. The molecule has 0 fully saturated rings. The number of hydrogen-bond acceptors (Lipinski definition) is 2. The summed E-state index contributed by atoms with van der Waals surface area (Å²) in [5.74, 6) is 0. The summed E-state index contributed by atoms with van der Waals surface area (Å²) in [6, 6.07) is 0. The summed E-state index contributed by atoms with van der Waals surface area (Å²) in [6.07, 6.45) is 5.32. The quantitative estimate of drug-likeness (QED) is 0.685. The van der Waals surface area contributed by atoms with Gasteiger partial charge in [-0.25, -0.2) is 0 Å². The van der Waals surface area contributed by atoms with E-state index in [1.54, 1.807) is 0 Å². The van der Waals surface area contributed by atoms with Gasteiger partial charge in [0.2, 0.25) is 0 Å². The molecule has 1 aromatic rings. The van der Waals surface area contributed by atoms with Crippen LogP contribution in [-0.4, -0.2) is 9.97 Å². The van der Waals surface area contributed by atoms with E-state index in [1.165, 1.54) is 12.8 Å². The van der Waals surface area contributed by atoms with Crippen molar-refractivity contribution >= 4 is 0 Å². The number of aromatic nitrogens is 2. The lowest BCUT2D eigenvalue weighted by Gasteiger charge is -2.03. The third-order valence-electron chi connectivity index (χ3n) is 1.94. The first kappa shape index (κ1) is 9.17. The van der Waals surface area contributed by atoms with E-state index in [4.69, 9.17) is 0 Å². The summed E-state index contributed by atoms with van der Waals surface area (Å²) in [6.45, 7) is 6.21. The van der Waals surface area contributed by atoms with Crippen LogP contribution in [0.15, 0.2) is 6.20 Å². The Morgan fingerprint density at radius 1 is 1.33 bits per heavy atom. The first-order valence-electron chi connectivity index (χ1n) is 4.53. The smallest absolute Gasteiger partial charge is 0.0619 e. The van der Waals surface area contributed by atoms with Gasteiger partial charge in [0.15, 0.2) is 0 Å². The highest BCUT2D eigenvalue weighted by Crippen LogP contribution is 2.06. The van der Waals surface area contributed by atoms with E-state index >= 15 is 0 Å². The van der Waals surface area contributed by atoms with Crippen molar-refractivity contribution in [1.29, 1.82) is 0 Å². The van der Waals surface area contributed by atoms with Gasteiger partial charge in [-0.3, -0.25) is 9.97 Å². The number of hydrogen-bond donors (Lipinski definition) is 0. The largest absolute Gasteiger partial charge is 0.258 e. The molecule has 0 N–H and O–H groups in total. The molecule has 0 aromatic carbocycles. The van der Waals surface area contributed by atoms with Gasteiger partial charge in [-0.15, -0.1) is 0 Å². The Hall–Kier alpha value is -0.920. The molecule has 66 valence electrons. The fraction of sp³-hybridized carbons (Fsp3) is 0.600. The second-order valence-electron chi connectivity index (χ2n) is 3.15. The number of rotatable bonds is 3. The van der Waals surface area contributed by atoms with Crippen molar-refractivity contribution in [1.82, 2.24) is 9.97 Å². The Labute approximate surface area is 74.1 Å². The van der Waals surface area contributed by atoms with Crippen LogP contribution in [-0.2, 0) is 6.42 Å². The van der Waals surface area contributed by atoms with E-state index in [-0.39, 0.29) is 0 Å². The van der Waals surface area contributed by atoms with Gasteiger partial charge in [-0.2, -0.15) is 0 Å². The van der Waals surface area contributed by atoms with Gasteiger partial charge < -0.3 is 0 Å². The summed E-state index contributed by atoms with van der Waals surface area (Å²) in [5, 5.41) is 0. The second kappa shape index (κ2) is 4.19. The lowest BCUT2D eigenvalue weighted by Crippen LogP contribution is -1.98. The summed E-state index contributed by atoms with van der Waals surface area (Å²) in [4.78, 5) is 8.72. The SMILES string of the molecule is CCCCc1nc(C)cnc1C. The van der Waals surface area contributed by atoms with Crippen LogP contribution in [0, 0.1) is 13.8 Å². The summed E-state index contributed by atoms with van der Waals surface area (Å²) in [5.41, 5.74) is 3.26. The molecule has 0 amide bonds. The topological polar surface area (TPSA) is 25.8 Å². The highest BCUT2D eigenvalue weighted by molar-refractivity contribution is 5.11. The molecule has 0 spiro atoms. The molecule has 0 aliphatic rings. The third kappa shape index (κ3) is 2.29. The Bertz CT molecular complexity index is 256. The van der Waals surface area contributed by atoms with E-state index in [2.05, 4.69) is 16.9 Å². The van der Waals surface area contributed by atoms with Crippen molar-refractivity contribution in [3.63, 3.8) is 0 Å². The van der Waals surface area contributed by atoms with Crippen molar-refractivity contribution in [3.05, 3.63) is 23.3 Å². The van der Waals surface area contributed by atoms with Gasteiger partial charge in [0.05, 0.1) is 17.1 Å². The molecule has 0 unspecified atom stereocenters. The molecule has 1 heterocycles. The zero-order chi connectivity index (χ0) is 8.97. The van der Waals surface area contributed by atoms with Crippen LogP contribution < -0.4 is 0 Å². The van der Waals surface area contributed by atoms with Crippen LogP contribution in [0.25, 0.3) is 0 Å². The number of unbranched alkanes of at least 4 members (excludes halogenated alkanes) is 1. The normalized spacial score (nSPS) is 10.2. The molecule has 0 saturated heterocycles. The van der Waals surface area contributed by atoms with Crippen LogP contribution >= 0.6 is 0 Å². The number of aryl methyl sites for hydroxylation is 3. The van der Waals surface area contributed by atoms with Crippen LogP contribution in [0.2, 0.25) is 0 Å². The average molecular weight is 164 g/mol. The first-order chi connectivity index (χ1) is 5.74. The van der Waals surface area contributed by atoms with Gasteiger partial charge >= 0.3 is 0 Å². The fourth-order valence-corrected chi connectivity index (χ4v) is 1.17. The van der Waals surface area contributed by atoms with E-state index in [0.29, 0.717) is 0 Å². The van der Waals surface area contributed by atoms with Crippen molar-refractivity contribution in [3.8, 4) is 0 Å². The van der Waals surface area contributed by atoms with E-state index in [0.717, 1.165) is 23.5 Å². The lowest BCUT2D eigenvalue weighted by molar-refractivity contribution is 0.760. The highest BCUT2D eigenvalue weighted by Gasteiger charge is 2.00. The molecule has 2 heteroatoms. The van der Waals surface area contributed by atoms with Gasteiger partial charge in [-0.05, 0) is 26.7 Å². The van der Waals surface area contributed by atoms with Gasteiger partial charge in [-0.1, -0.05) is 13.3 Å². The fourth-order valence-electron chi connectivity index (χ4n) is 1.17. The molecule has 0 atom stereocenters. The van der Waals surface area contributed by atoms with E-state index < -0.39 is 0 Å². The maximum atomic E-state index is 4.45. The Morgan fingerprint density at radius 2 is 2.08 bits per heavy atom. The van der Waals surface area contributed by atoms with Crippen LogP contribution in [0.1, 0.15) is 36.8 Å². The molecule has 0 saturated carbocycles. The molecule has 0 radical (unpaired) electrons. The van der Waals surface area contributed by atoms with Crippen LogP contribution in [0.4, 0.5) is 0 Å². The van der Waals surface area contributed by atoms with Crippen molar-refractivity contribution < 1.29 is 0 Å². The predicted octanol–water partition coefficient (Wildman–Crippen LogP) is 2.44. The zero-order valence-corrected chi connectivity index (χ0v) is 8.09. The minimum absolute atomic E-state index is 1.02. The minimum atomic E-state index is 1.02. The lowest BCUT2D eigenvalue weighted by atomic mass is 10.1. The minimum Gasteiger partial charge on any atom is -0.258 e. The predicted molar refractivity (Wildman–Crippen MR) is 50.1 cm³/mol. The summed E-state index contributed by atoms with van der Waals surface area (Å²) >= 11 is 0. The van der Waals surface area contributed by atoms with Gasteiger partial charge in [0, 0.05) is 6.20 Å². The molecule has 0 bridgehead atoms. The molecule has 2 nitrogen and oxygen atoms in total. The van der Waals surface area contributed by atoms with Gasteiger partial charge in [0.25, 0.3) is 0 Å². The average Bonchev–Trinajstić information content (AvgIpc) is 2.07. The highest BCUT2D eigenvalue weighted by atomic mass is 14.8. The van der Waals surface area contributed by atoms with Crippen molar-refractivity contribution in [2.24, 2.45) is 0 Å². The molecule has 1 rings (SSSR count). The standard InChI is InChI=1S/C10H16N2/c1-4-5-6-10-9(3)11-7-8(2)12-10/h7H,4-6H2,1-3H3. The Balaban J connectivity index is 2.75. The van der Waals surface area contributed by atoms with Crippen molar-refractivity contribution in [2.45, 2.75) is 40.0 Å². The number of nitrogens with zero attached hydrogens (tertiary/aromatic N) is 2. The van der Waals surface area contributed by atoms with E-state index in [1.807, 2.05) is 20.0 Å². The Kier molecular flexibility index (Phi) is 3.20. The first-order valence-corrected chi connectivity index (χ1v) is 4.53.